The average Bonchev–Trinajstić information content (AvgIpc) is 2.86. The predicted octanol–water partition coefficient (Wildman–Crippen LogP) is 4.05. The standard InChI is InChI=1S/C22H28N4O2S/c1-6-7-19(27)24-12-10-16(11-13-24)26-21(29)25(20(28)22(26,3)4)17-8-9-18(23-5)15(2)14-17/h8-9,14,16H,6-7,10-13H2,1-4H3. The SMILES string of the molecule is [C-]#[N+]c1ccc(N2C(=O)C(C)(C)N(C3CCN(C(=O)CCC)CC3)C2=S)cc1C. The molecule has 2 amide bonds. The molecule has 0 aliphatic carbocycles. The molecule has 2 aliphatic rings. The maximum absolute atomic E-state index is 13.3. The van der Waals surface area contributed by atoms with E-state index in [1.165, 1.54) is 0 Å². The van der Waals surface area contributed by atoms with Crippen molar-refractivity contribution in [3.63, 3.8) is 0 Å². The highest BCUT2D eigenvalue weighted by molar-refractivity contribution is 7.80. The molecule has 0 aromatic heterocycles. The first-order valence-corrected chi connectivity index (χ1v) is 10.6. The summed E-state index contributed by atoms with van der Waals surface area (Å²) in [5, 5.41) is 0.508. The maximum Gasteiger partial charge on any atom is 0.258 e. The van der Waals surface area contributed by atoms with E-state index in [2.05, 4.69) is 9.74 Å². The van der Waals surface area contributed by atoms with Crippen LogP contribution in [0.5, 0.6) is 0 Å². The number of nitrogens with zero attached hydrogens (tertiary/aromatic N) is 4. The average molecular weight is 413 g/mol. The normalized spacial score (nSPS) is 19.6. The Bertz CT molecular complexity index is 881. The van der Waals surface area contributed by atoms with Gasteiger partial charge in [0.05, 0.1) is 6.57 Å². The van der Waals surface area contributed by atoms with Gasteiger partial charge in [0.2, 0.25) is 5.91 Å². The highest BCUT2D eigenvalue weighted by Gasteiger charge is 2.52. The quantitative estimate of drug-likeness (QED) is 0.553. The summed E-state index contributed by atoms with van der Waals surface area (Å²) in [5.74, 6) is 0.157. The van der Waals surface area contributed by atoms with E-state index in [9.17, 15) is 9.59 Å². The van der Waals surface area contributed by atoms with Gasteiger partial charge in [-0.25, -0.2) is 4.85 Å². The van der Waals surface area contributed by atoms with Crippen LogP contribution < -0.4 is 4.90 Å². The fraction of sp³-hybridized carbons (Fsp3) is 0.545. The third-order valence-electron chi connectivity index (χ3n) is 5.93. The van der Waals surface area contributed by atoms with Crippen LogP contribution in [0.3, 0.4) is 0 Å². The minimum Gasteiger partial charge on any atom is -0.343 e. The fourth-order valence-electron chi connectivity index (χ4n) is 4.30. The van der Waals surface area contributed by atoms with Crippen LogP contribution in [0.25, 0.3) is 4.85 Å². The minimum atomic E-state index is -0.746. The van der Waals surface area contributed by atoms with Crippen LogP contribution >= 0.6 is 12.2 Å². The smallest absolute Gasteiger partial charge is 0.258 e. The van der Waals surface area contributed by atoms with E-state index in [0.717, 1.165) is 24.8 Å². The van der Waals surface area contributed by atoms with E-state index in [1.54, 1.807) is 17.0 Å². The first-order valence-electron chi connectivity index (χ1n) is 10.2. The first kappa shape index (κ1) is 21.3. The van der Waals surface area contributed by atoms with E-state index >= 15 is 0 Å². The number of rotatable bonds is 4. The number of benzene rings is 1. The van der Waals surface area contributed by atoms with Crippen molar-refractivity contribution >= 4 is 40.5 Å². The second-order valence-corrected chi connectivity index (χ2v) is 8.66. The molecule has 2 fully saturated rings. The molecule has 154 valence electrons. The van der Waals surface area contributed by atoms with Gasteiger partial charge in [0, 0.05) is 31.2 Å². The molecule has 0 unspecified atom stereocenters. The van der Waals surface area contributed by atoms with Gasteiger partial charge in [-0.05, 0) is 69.9 Å². The number of likely N-dealkylation sites (tertiary alicyclic amines) is 1. The predicted molar refractivity (Wildman–Crippen MR) is 118 cm³/mol. The Morgan fingerprint density at radius 2 is 1.97 bits per heavy atom. The van der Waals surface area contributed by atoms with Crippen molar-refractivity contribution in [2.75, 3.05) is 18.0 Å². The summed E-state index contributed by atoms with van der Waals surface area (Å²) in [4.78, 5) is 34.6. The second kappa shape index (κ2) is 8.11. The number of aryl methyl sites for hydroxylation is 1. The number of piperidine rings is 1. The zero-order valence-corrected chi connectivity index (χ0v) is 18.4. The van der Waals surface area contributed by atoms with Crippen LogP contribution in [0.2, 0.25) is 0 Å². The molecule has 0 atom stereocenters. The molecule has 2 heterocycles. The van der Waals surface area contributed by atoms with Crippen molar-refractivity contribution in [1.82, 2.24) is 9.80 Å². The molecule has 1 aromatic rings. The van der Waals surface area contributed by atoms with Gasteiger partial charge in [0.25, 0.3) is 5.91 Å². The summed E-state index contributed by atoms with van der Waals surface area (Å²) >= 11 is 5.77. The Kier molecular flexibility index (Phi) is 5.95. The van der Waals surface area contributed by atoms with Crippen LogP contribution in [0, 0.1) is 13.5 Å². The third kappa shape index (κ3) is 3.74. The lowest BCUT2D eigenvalue weighted by atomic mass is 9.96. The molecule has 6 nitrogen and oxygen atoms in total. The molecule has 29 heavy (non-hydrogen) atoms. The molecule has 2 aliphatic heterocycles. The van der Waals surface area contributed by atoms with Gasteiger partial charge in [-0.3, -0.25) is 14.5 Å². The minimum absolute atomic E-state index is 0.0537. The van der Waals surface area contributed by atoms with Crippen LogP contribution in [-0.2, 0) is 9.59 Å². The van der Waals surface area contributed by atoms with Crippen molar-refractivity contribution in [1.29, 1.82) is 0 Å². The molecule has 0 spiro atoms. The summed E-state index contributed by atoms with van der Waals surface area (Å²) in [5.41, 5.74) is 1.36. The van der Waals surface area contributed by atoms with Crippen LogP contribution in [0.15, 0.2) is 18.2 Å². The summed E-state index contributed by atoms with van der Waals surface area (Å²) in [6.45, 7) is 16.3. The van der Waals surface area contributed by atoms with E-state index in [1.807, 2.05) is 38.7 Å². The van der Waals surface area contributed by atoms with Crippen molar-refractivity contribution < 1.29 is 9.59 Å². The largest absolute Gasteiger partial charge is 0.343 e. The van der Waals surface area contributed by atoms with E-state index in [4.69, 9.17) is 18.8 Å². The molecular weight excluding hydrogens is 384 g/mol. The van der Waals surface area contributed by atoms with Gasteiger partial charge < -0.3 is 9.80 Å². The van der Waals surface area contributed by atoms with Gasteiger partial charge in [-0.2, -0.15) is 0 Å². The van der Waals surface area contributed by atoms with Crippen LogP contribution in [0.1, 0.15) is 52.0 Å². The Balaban J connectivity index is 1.82. The summed E-state index contributed by atoms with van der Waals surface area (Å²) in [6, 6.07) is 5.50. The zero-order valence-electron chi connectivity index (χ0n) is 17.6. The van der Waals surface area contributed by atoms with Crippen molar-refractivity contribution in [2.24, 2.45) is 0 Å². The monoisotopic (exact) mass is 412 g/mol. The molecule has 7 heteroatoms. The molecule has 3 rings (SSSR count). The zero-order chi connectivity index (χ0) is 21.3. The van der Waals surface area contributed by atoms with Gasteiger partial charge >= 0.3 is 0 Å². The van der Waals surface area contributed by atoms with Gasteiger partial charge in [-0.15, -0.1) is 0 Å². The highest BCUT2D eigenvalue weighted by atomic mass is 32.1. The Morgan fingerprint density at radius 1 is 1.31 bits per heavy atom. The topological polar surface area (TPSA) is 48.2 Å². The Labute approximate surface area is 178 Å². The summed E-state index contributed by atoms with van der Waals surface area (Å²) in [7, 11) is 0. The second-order valence-electron chi connectivity index (χ2n) is 8.30. The molecule has 2 saturated heterocycles. The third-order valence-corrected chi connectivity index (χ3v) is 6.31. The lowest BCUT2D eigenvalue weighted by Crippen LogP contribution is -2.54. The van der Waals surface area contributed by atoms with E-state index in [-0.39, 0.29) is 17.9 Å². The van der Waals surface area contributed by atoms with Crippen molar-refractivity contribution in [2.45, 2.75) is 65.0 Å². The van der Waals surface area contributed by atoms with Crippen molar-refractivity contribution in [3.8, 4) is 0 Å². The first-order chi connectivity index (χ1) is 13.7. The van der Waals surface area contributed by atoms with Crippen LogP contribution in [0.4, 0.5) is 11.4 Å². The van der Waals surface area contributed by atoms with E-state index in [0.29, 0.717) is 36.0 Å². The number of hydrogen-bond acceptors (Lipinski definition) is 3. The van der Waals surface area contributed by atoms with Crippen molar-refractivity contribution in [3.05, 3.63) is 35.2 Å². The highest BCUT2D eigenvalue weighted by Crippen LogP contribution is 2.37. The molecule has 0 bridgehead atoms. The number of thiocarbonyl (C=S) groups is 1. The van der Waals surface area contributed by atoms with E-state index < -0.39 is 5.54 Å². The number of anilines is 1. The molecule has 0 radical (unpaired) electrons. The summed E-state index contributed by atoms with van der Waals surface area (Å²) in [6.07, 6.45) is 3.05. The number of carbonyl (C=O) groups excluding carboxylic acids is 2. The van der Waals surface area contributed by atoms with Crippen LogP contribution in [-0.4, -0.2) is 51.4 Å². The number of hydrogen-bond donors (Lipinski definition) is 0. The number of carbonyl (C=O) groups is 2. The Hall–Kier alpha value is -2.46. The summed E-state index contributed by atoms with van der Waals surface area (Å²) < 4.78 is 0. The molecule has 0 saturated carbocycles. The lowest BCUT2D eigenvalue weighted by Gasteiger charge is -2.42. The van der Waals surface area contributed by atoms with Gasteiger partial charge in [0.1, 0.15) is 5.54 Å². The van der Waals surface area contributed by atoms with Gasteiger partial charge in [0.15, 0.2) is 10.8 Å². The molecular formula is C22H28N4O2S. The molecule has 1 aromatic carbocycles. The molecule has 0 N–H and O–H groups in total. The fourth-order valence-corrected chi connectivity index (χ4v) is 4.87. The maximum atomic E-state index is 13.3. The van der Waals surface area contributed by atoms with Gasteiger partial charge in [-0.1, -0.05) is 13.0 Å². The number of amides is 2. The lowest BCUT2D eigenvalue weighted by molar-refractivity contribution is -0.133. The Morgan fingerprint density at radius 3 is 2.52 bits per heavy atom.